The van der Waals surface area contributed by atoms with Gasteiger partial charge in [0.05, 0.1) is 5.92 Å². The van der Waals surface area contributed by atoms with Gasteiger partial charge < -0.3 is 5.32 Å². The Morgan fingerprint density at radius 2 is 1.48 bits per heavy atom. The molecule has 0 bridgehead atoms. The quantitative estimate of drug-likeness (QED) is 0.576. The van der Waals surface area contributed by atoms with Gasteiger partial charge in [0, 0.05) is 11.4 Å². The fourth-order valence-corrected chi connectivity index (χ4v) is 2.83. The minimum absolute atomic E-state index is 0.272. The van der Waals surface area contributed by atoms with Gasteiger partial charge in [-0.1, -0.05) is 59.2 Å². The molecule has 0 heterocycles. The van der Waals surface area contributed by atoms with Crippen molar-refractivity contribution in [1.29, 1.82) is 0 Å². The maximum absolute atomic E-state index is 13.6. The summed E-state index contributed by atoms with van der Waals surface area (Å²) >= 11 is 0. The van der Waals surface area contributed by atoms with E-state index in [1.165, 1.54) is 17.7 Å². The first-order valence-electron chi connectivity index (χ1n) is 8.90. The van der Waals surface area contributed by atoms with Crippen LogP contribution in [0.4, 0.5) is 18.9 Å². The molecule has 2 aromatic carbocycles. The number of nitrogens with one attached hydrogen (secondary N) is 1. The molecular weight excluding hydrogens is 347 g/mol. The highest BCUT2D eigenvalue weighted by Crippen LogP contribution is 2.37. The van der Waals surface area contributed by atoms with Crippen LogP contribution in [0.1, 0.15) is 48.9 Å². The Balaban J connectivity index is 2.25. The zero-order chi connectivity index (χ0) is 20.2. The topological polar surface area (TPSA) is 12.0 Å². The Hall–Kier alpha value is -2.49. The summed E-state index contributed by atoms with van der Waals surface area (Å²) in [5, 5.41) is 3.27. The van der Waals surface area contributed by atoms with Gasteiger partial charge in [-0.2, -0.15) is 13.2 Å². The third-order valence-corrected chi connectivity index (χ3v) is 4.43. The molecule has 0 saturated heterocycles. The molecule has 0 aliphatic carbocycles. The van der Waals surface area contributed by atoms with Crippen LogP contribution in [0.2, 0.25) is 0 Å². The number of aryl methyl sites for hydroxylation is 2. The van der Waals surface area contributed by atoms with E-state index >= 15 is 0 Å². The van der Waals surface area contributed by atoms with Crippen LogP contribution in [-0.4, -0.2) is 6.18 Å². The molecular formula is C23H26F3N. The molecule has 1 N–H and O–H groups in total. The molecule has 1 atom stereocenters. The molecule has 0 spiro atoms. The molecule has 144 valence electrons. The maximum atomic E-state index is 13.6. The zero-order valence-corrected chi connectivity index (χ0v) is 16.4. The van der Waals surface area contributed by atoms with Gasteiger partial charge in [0.25, 0.3) is 0 Å². The van der Waals surface area contributed by atoms with Gasteiger partial charge in [0.1, 0.15) is 0 Å². The van der Waals surface area contributed by atoms with Crippen LogP contribution >= 0.6 is 0 Å². The number of allylic oxidation sites excluding steroid dienone is 3. The third-order valence-electron chi connectivity index (χ3n) is 4.43. The standard InChI is InChI=1S/C23H26F3N/c1-15(2)18(5)27-21-9-6-19(7-10-21)8-11-22(23(24,25)26)20-13-16(3)12-17(4)14-20/h6-14,22,27H,1-5H3/b11-8+. The molecule has 0 saturated carbocycles. The van der Waals surface area contributed by atoms with E-state index in [2.05, 4.69) is 5.32 Å². The van der Waals surface area contributed by atoms with Crippen LogP contribution in [0.15, 0.2) is 59.8 Å². The fraction of sp³-hybridized carbons (Fsp3) is 0.304. The van der Waals surface area contributed by atoms with Crippen molar-refractivity contribution in [3.63, 3.8) is 0 Å². The highest BCUT2D eigenvalue weighted by molar-refractivity contribution is 5.57. The Labute approximate surface area is 159 Å². The van der Waals surface area contributed by atoms with Gasteiger partial charge in [-0.15, -0.1) is 0 Å². The average Bonchev–Trinajstić information content (AvgIpc) is 2.54. The molecule has 0 aliphatic heterocycles. The van der Waals surface area contributed by atoms with E-state index in [-0.39, 0.29) is 5.56 Å². The van der Waals surface area contributed by atoms with Crippen molar-refractivity contribution in [3.05, 3.63) is 82.1 Å². The molecule has 0 aromatic heterocycles. The Kier molecular flexibility index (Phi) is 6.53. The normalized spacial score (nSPS) is 12.9. The molecule has 1 unspecified atom stereocenters. The van der Waals surface area contributed by atoms with E-state index in [0.717, 1.165) is 28.1 Å². The van der Waals surface area contributed by atoms with E-state index in [1.807, 2.05) is 65.0 Å². The lowest BCUT2D eigenvalue weighted by Crippen LogP contribution is -2.19. The highest BCUT2D eigenvalue weighted by atomic mass is 19.4. The van der Waals surface area contributed by atoms with Gasteiger partial charge in [-0.25, -0.2) is 0 Å². The second-order valence-electron chi connectivity index (χ2n) is 7.17. The minimum Gasteiger partial charge on any atom is -0.359 e. The number of rotatable bonds is 5. The predicted octanol–water partition coefficient (Wildman–Crippen LogP) is 7.39. The maximum Gasteiger partial charge on any atom is 0.399 e. The third kappa shape index (κ3) is 6.02. The van der Waals surface area contributed by atoms with Crippen molar-refractivity contribution < 1.29 is 13.2 Å². The van der Waals surface area contributed by atoms with Crippen molar-refractivity contribution in [3.8, 4) is 0 Å². The first kappa shape index (κ1) is 20.8. The van der Waals surface area contributed by atoms with Gasteiger partial charge in [-0.3, -0.25) is 0 Å². The monoisotopic (exact) mass is 373 g/mol. The summed E-state index contributed by atoms with van der Waals surface area (Å²) in [7, 11) is 0. The van der Waals surface area contributed by atoms with E-state index < -0.39 is 12.1 Å². The lowest BCUT2D eigenvalue weighted by atomic mass is 9.94. The minimum atomic E-state index is -4.33. The summed E-state index contributed by atoms with van der Waals surface area (Å²) < 4.78 is 40.8. The Morgan fingerprint density at radius 1 is 0.926 bits per heavy atom. The van der Waals surface area contributed by atoms with Gasteiger partial charge in [0.15, 0.2) is 0 Å². The van der Waals surface area contributed by atoms with Crippen molar-refractivity contribution >= 4 is 11.8 Å². The van der Waals surface area contributed by atoms with E-state index in [4.69, 9.17) is 0 Å². The average molecular weight is 373 g/mol. The molecule has 0 radical (unpaired) electrons. The second kappa shape index (κ2) is 8.47. The summed E-state index contributed by atoms with van der Waals surface area (Å²) in [5.74, 6) is -1.62. The number of hydrogen-bond acceptors (Lipinski definition) is 1. The first-order valence-corrected chi connectivity index (χ1v) is 8.90. The molecule has 2 rings (SSSR count). The summed E-state index contributed by atoms with van der Waals surface area (Å²) in [6.45, 7) is 9.65. The van der Waals surface area contributed by atoms with Crippen LogP contribution in [0.3, 0.4) is 0 Å². The lowest BCUT2D eigenvalue weighted by Gasteiger charge is -2.18. The molecule has 0 aliphatic rings. The van der Waals surface area contributed by atoms with Crippen molar-refractivity contribution in [2.75, 3.05) is 5.32 Å². The molecule has 4 heteroatoms. The number of halogens is 3. The second-order valence-corrected chi connectivity index (χ2v) is 7.17. The van der Waals surface area contributed by atoms with E-state index in [9.17, 15) is 13.2 Å². The van der Waals surface area contributed by atoms with Gasteiger partial charge in [-0.05, 0) is 57.9 Å². The van der Waals surface area contributed by atoms with Gasteiger partial charge >= 0.3 is 6.18 Å². The smallest absolute Gasteiger partial charge is 0.359 e. The molecule has 0 amide bonds. The van der Waals surface area contributed by atoms with Crippen molar-refractivity contribution in [2.24, 2.45) is 0 Å². The molecule has 0 fully saturated rings. The van der Waals surface area contributed by atoms with E-state index in [0.29, 0.717) is 0 Å². The fourth-order valence-electron chi connectivity index (χ4n) is 2.83. The zero-order valence-electron chi connectivity index (χ0n) is 16.4. The largest absolute Gasteiger partial charge is 0.399 e. The van der Waals surface area contributed by atoms with Crippen molar-refractivity contribution in [1.82, 2.24) is 0 Å². The highest BCUT2D eigenvalue weighted by Gasteiger charge is 2.38. The Bertz CT molecular complexity index is 819. The molecule has 2 aromatic rings. The summed E-state index contributed by atoms with van der Waals surface area (Å²) in [5.41, 5.74) is 5.82. The first-order chi connectivity index (χ1) is 12.6. The van der Waals surface area contributed by atoms with E-state index in [1.54, 1.807) is 12.1 Å². The molecule has 27 heavy (non-hydrogen) atoms. The number of benzene rings is 2. The lowest BCUT2D eigenvalue weighted by molar-refractivity contribution is -0.139. The summed E-state index contributed by atoms with van der Waals surface area (Å²) in [6.07, 6.45) is -1.57. The number of hydrogen-bond donors (Lipinski definition) is 1. The molecule has 1 nitrogen and oxygen atoms in total. The SMILES string of the molecule is CC(C)=C(C)Nc1ccc(/C=C/C(c2cc(C)cc(C)c2)C(F)(F)F)cc1. The van der Waals surface area contributed by atoms with Crippen LogP contribution < -0.4 is 5.32 Å². The van der Waals surface area contributed by atoms with Crippen LogP contribution in [0.25, 0.3) is 6.08 Å². The Morgan fingerprint density at radius 3 is 1.96 bits per heavy atom. The van der Waals surface area contributed by atoms with Gasteiger partial charge in [0.2, 0.25) is 0 Å². The number of alkyl halides is 3. The van der Waals surface area contributed by atoms with Crippen molar-refractivity contribution in [2.45, 2.75) is 46.7 Å². The van der Waals surface area contributed by atoms with Crippen LogP contribution in [0, 0.1) is 13.8 Å². The summed E-state index contributed by atoms with van der Waals surface area (Å²) in [4.78, 5) is 0. The predicted molar refractivity (Wildman–Crippen MR) is 108 cm³/mol. The summed E-state index contributed by atoms with van der Waals surface area (Å²) in [6, 6.07) is 12.4. The number of anilines is 1. The van der Waals surface area contributed by atoms with Crippen LogP contribution in [-0.2, 0) is 0 Å². The van der Waals surface area contributed by atoms with Crippen LogP contribution in [0.5, 0.6) is 0 Å².